The molecule has 0 aromatic heterocycles. The van der Waals surface area contributed by atoms with Crippen LogP contribution in [-0.2, 0) is 11.2 Å². The van der Waals surface area contributed by atoms with Crippen LogP contribution in [0.2, 0.25) is 0 Å². The first-order valence-electron chi connectivity index (χ1n) is 6.05. The van der Waals surface area contributed by atoms with Gasteiger partial charge in [-0.2, -0.15) is 0 Å². The molecule has 0 spiro atoms. The molecule has 0 aliphatic rings. The third-order valence-corrected chi connectivity index (χ3v) is 2.64. The van der Waals surface area contributed by atoms with Gasteiger partial charge in [0.1, 0.15) is 5.75 Å². The van der Waals surface area contributed by atoms with Crippen molar-refractivity contribution in [1.29, 1.82) is 0 Å². The number of rotatable bonds is 5. The molecule has 18 heavy (non-hydrogen) atoms. The highest BCUT2D eigenvalue weighted by molar-refractivity contribution is 5.88. The number of nitrogens with two attached hydrogens (primary N) is 1. The zero-order valence-corrected chi connectivity index (χ0v) is 11.5. The number of ether oxygens (including phenoxy) is 1. The Labute approximate surface area is 109 Å². The molecule has 0 radical (unpaired) electrons. The van der Waals surface area contributed by atoms with E-state index in [9.17, 15) is 4.79 Å². The van der Waals surface area contributed by atoms with Crippen molar-refractivity contribution in [3.05, 3.63) is 23.8 Å². The van der Waals surface area contributed by atoms with Gasteiger partial charge in [0.15, 0.2) is 0 Å². The molecule has 0 aliphatic heterocycles. The van der Waals surface area contributed by atoms with Crippen LogP contribution in [0.1, 0.15) is 32.8 Å². The smallest absolute Gasteiger partial charge is 0.221 e. The molecular weight excluding hydrogens is 228 g/mol. The average molecular weight is 250 g/mol. The second kappa shape index (κ2) is 5.87. The van der Waals surface area contributed by atoms with Gasteiger partial charge in [-0.25, -0.2) is 0 Å². The van der Waals surface area contributed by atoms with E-state index in [1.807, 2.05) is 32.0 Å². The Morgan fingerprint density at radius 2 is 2.11 bits per heavy atom. The Kier molecular flexibility index (Phi) is 4.73. The number of benzene rings is 1. The summed E-state index contributed by atoms with van der Waals surface area (Å²) in [6.07, 6.45) is 1.67. The van der Waals surface area contributed by atoms with Crippen LogP contribution < -0.4 is 15.8 Å². The predicted molar refractivity (Wildman–Crippen MR) is 73.9 cm³/mol. The zero-order valence-electron chi connectivity index (χ0n) is 11.5. The number of hydrogen-bond donors (Lipinski definition) is 2. The molecule has 0 aliphatic carbocycles. The van der Waals surface area contributed by atoms with E-state index in [-0.39, 0.29) is 11.4 Å². The number of anilines is 1. The maximum atomic E-state index is 11.0. The van der Waals surface area contributed by atoms with Crippen molar-refractivity contribution in [2.75, 3.05) is 12.4 Å². The lowest BCUT2D eigenvalue weighted by Crippen LogP contribution is -2.32. The lowest BCUT2D eigenvalue weighted by molar-refractivity contribution is -0.114. The molecule has 0 fully saturated rings. The highest BCUT2D eigenvalue weighted by atomic mass is 16.5. The SMILES string of the molecule is COc1ccc(NC(C)=O)cc1CCC(C)(C)N. The van der Waals surface area contributed by atoms with Crippen LogP contribution in [0, 0.1) is 0 Å². The molecule has 1 aromatic rings. The van der Waals surface area contributed by atoms with Crippen molar-refractivity contribution in [1.82, 2.24) is 0 Å². The summed E-state index contributed by atoms with van der Waals surface area (Å²) in [5.41, 5.74) is 7.61. The standard InChI is InChI=1S/C14H22N2O2/c1-10(17)16-12-5-6-13(18-4)11(9-12)7-8-14(2,3)15/h5-6,9H,7-8,15H2,1-4H3,(H,16,17). The van der Waals surface area contributed by atoms with Gasteiger partial charge in [0.2, 0.25) is 5.91 Å². The van der Waals surface area contributed by atoms with Gasteiger partial charge in [0.25, 0.3) is 0 Å². The maximum absolute atomic E-state index is 11.0. The van der Waals surface area contributed by atoms with Gasteiger partial charge >= 0.3 is 0 Å². The normalized spacial score (nSPS) is 11.2. The van der Waals surface area contributed by atoms with E-state index in [1.54, 1.807) is 7.11 Å². The summed E-state index contributed by atoms with van der Waals surface area (Å²) in [4.78, 5) is 11.0. The first-order valence-corrected chi connectivity index (χ1v) is 6.05. The molecule has 0 saturated carbocycles. The summed E-state index contributed by atoms with van der Waals surface area (Å²) >= 11 is 0. The van der Waals surface area contributed by atoms with Crippen molar-refractivity contribution in [3.63, 3.8) is 0 Å². The van der Waals surface area contributed by atoms with Crippen LogP contribution in [0.15, 0.2) is 18.2 Å². The molecule has 100 valence electrons. The van der Waals surface area contributed by atoms with E-state index in [0.29, 0.717) is 0 Å². The van der Waals surface area contributed by atoms with Crippen molar-refractivity contribution >= 4 is 11.6 Å². The number of amides is 1. The van der Waals surface area contributed by atoms with E-state index < -0.39 is 0 Å². The molecule has 1 aromatic carbocycles. The molecule has 0 unspecified atom stereocenters. The minimum absolute atomic E-state index is 0.0785. The summed E-state index contributed by atoms with van der Waals surface area (Å²) in [6.45, 7) is 5.49. The van der Waals surface area contributed by atoms with E-state index in [0.717, 1.165) is 29.8 Å². The minimum atomic E-state index is -0.213. The summed E-state index contributed by atoms with van der Waals surface area (Å²) in [6, 6.07) is 5.63. The molecule has 4 nitrogen and oxygen atoms in total. The Hall–Kier alpha value is -1.55. The van der Waals surface area contributed by atoms with Gasteiger partial charge in [-0.15, -0.1) is 0 Å². The van der Waals surface area contributed by atoms with Crippen LogP contribution >= 0.6 is 0 Å². The fraction of sp³-hybridized carbons (Fsp3) is 0.500. The highest BCUT2D eigenvalue weighted by Crippen LogP contribution is 2.25. The van der Waals surface area contributed by atoms with Gasteiger partial charge in [-0.1, -0.05) is 0 Å². The Morgan fingerprint density at radius 1 is 1.44 bits per heavy atom. The lowest BCUT2D eigenvalue weighted by atomic mass is 9.96. The first-order chi connectivity index (χ1) is 8.31. The number of carbonyl (C=O) groups excluding carboxylic acids is 1. The van der Waals surface area contributed by atoms with Crippen molar-refractivity contribution in [3.8, 4) is 5.75 Å². The number of methoxy groups -OCH3 is 1. The summed E-state index contributed by atoms with van der Waals surface area (Å²) in [5.74, 6) is 0.749. The van der Waals surface area contributed by atoms with Crippen LogP contribution in [0.3, 0.4) is 0 Å². The van der Waals surface area contributed by atoms with Crippen LogP contribution in [0.25, 0.3) is 0 Å². The zero-order chi connectivity index (χ0) is 13.8. The number of carbonyl (C=O) groups is 1. The molecule has 0 bridgehead atoms. The second-order valence-corrected chi connectivity index (χ2v) is 5.20. The molecule has 0 heterocycles. The van der Waals surface area contributed by atoms with E-state index >= 15 is 0 Å². The molecule has 0 saturated heterocycles. The highest BCUT2D eigenvalue weighted by Gasteiger charge is 2.13. The van der Waals surface area contributed by atoms with E-state index in [1.165, 1.54) is 6.92 Å². The van der Waals surface area contributed by atoms with E-state index in [2.05, 4.69) is 5.32 Å². The van der Waals surface area contributed by atoms with Crippen molar-refractivity contribution in [2.24, 2.45) is 5.73 Å². The fourth-order valence-corrected chi connectivity index (χ4v) is 1.71. The van der Waals surface area contributed by atoms with Crippen LogP contribution in [0.5, 0.6) is 5.75 Å². The maximum Gasteiger partial charge on any atom is 0.221 e. The Bertz CT molecular complexity index is 422. The molecule has 4 heteroatoms. The van der Waals surface area contributed by atoms with Crippen molar-refractivity contribution < 1.29 is 9.53 Å². The van der Waals surface area contributed by atoms with E-state index in [4.69, 9.17) is 10.5 Å². The van der Waals surface area contributed by atoms with Crippen LogP contribution in [-0.4, -0.2) is 18.6 Å². The average Bonchev–Trinajstić information content (AvgIpc) is 2.25. The summed E-state index contributed by atoms with van der Waals surface area (Å²) in [5, 5.41) is 2.77. The number of aryl methyl sites for hydroxylation is 1. The van der Waals surface area contributed by atoms with Crippen molar-refractivity contribution in [2.45, 2.75) is 39.2 Å². The first kappa shape index (κ1) is 14.5. The lowest BCUT2D eigenvalue weighted by Gasteiger charge is -2.19. The number of nitrogens with one attached hydrogen (secondary N) is 1. The third-order valence-electron chi connectivity index (χ3n) is 2.64. The van der Waals surface area contributed by atoms with Gasteiger partial charge in [0, 0.05) is 18.2 Å². The molecule has 3 N–H and O–H groups in total. The van der Waals surface area contributed by atoms with Gasteiger partial charge in [0.05, 0.1) is 7.11 Å². The Morgan fingerprint density at radius 3 is 2.61 bits per heavy atom. The molecular formula is C14H22N2O2. The Balaban J connectivity index is 2.88. The number of hydrogen-bond acceptors (Lipinski definition) is 3. The van der Waals surface area contributed by atoms with Gasteiger partial charge < -0.3 is 15.8 Å². The molecule has 1 rings (SSSR count). The molecule has 1 amide bonds. The van der Waals surface area contributed by atoms with Crippen LogP contribution in [0.4, 0.5) is 5.69 Å². The molecule has 0 atom stereocenters. The van der Waals surface area contributed by atoms with Gasteiger partial charge in [-0.05, 0) is 50.5 Å². The topological polar surface area (TPSA) is 64.3 Å². The largest absolute Gasteiger partial charge is 0.496 e. The second-order valence-electron chi connectivity index (χ2n) is 5.20. The minimum Gasteiger partial charge on any atom is -0.496 e. The monoisotopic (exact) mass is 250 g/mol. The summed E-state index contributed by atoms with van der Waals surface area (Å²) < 4.78 is 5.32. The van der Waals surface area contributed by atoms with Gasteiger partial charge in [-0.3, -0.25) is 4.79 Å². The third kappa shape index (κ3) is 4.75. The fourth-order valence-electron chi connectivity index (χ4n) is 1.71. The summed E-state index contributed by atoms with van der Waals surface area (Å²) in [7, 11) is 1.64. The quantitative estimate of drug-likeness (QED) is 0.843. The predicted octanol–water partition coefficient (Wildman–Crippen LogP) is 2.32.